The lowest BCUT2D eigenvalue weighted by molar-refractivity contribution is 0.470. The predicted molar refractivity (Wildman–Crippen MR) is 152 cm³/mol. The van der Waals surface area contributed by atoms with E-state index in [0.29, 0.717) is 6.17 Å². The Labute approximate surface area is 206 Å². The molecule has 2 aliphatic heterocycles. The van der Waals surface area contributed by atoms with Crippen LogP contribution < -0.4 is 5.40 Å². The van der Waals surface area contributed by atoms with Crippen molar-refractivity contribution >= 4 is 59.1 Å². The summed E-state index contributed by atoms with van der Waals surface area (Å²) >= 11 is 0. The second-order valence-electron chi connectivity index (χ2n) is 12.3. The van der Waals surface area contributed by atoms with E-state index >= 15 is 0 Å². The maximum absolute atomic E-state index is 13.2. The lowest BCUT2D eigenvalue weighted by Gasteiger charge is -2.70. The van der Waals surface area contributed by atoms with Crippen LogP contribution in [0.25, 0.3) is 0 Å². The highest BCUT2D eigenvalue weighted by Crippen LogP contribution is 2.48. The molecular weight excluding hydrogens is 539 g/mol. The van der Waals surface area contributed by atoms with Crippen molar-refractivity contribution in [2.45, 2.75) is 72.0 Å². The summed E-state index contributed by atoms with van der Waals surface area (Å²) in [6.45, 7) is 23.7. The van der Waals surface area contributed by atoms with Crippen LogP contribution in [0.15, 0.2) is 14.5 Å². The van der Waals surface area contributed by atoms with Gasteiger partial charge in [-0.2, -0.15) is 14.7 Å². The fourth-order valence-electron chi connectivity index (χ4n) is 6.74. The van der Waals surface area contributed by atoms with Gasteiger partial charge in [-0.05, 0) is 66.5 Å². The lowest BCUT2D eigenvalue weighted by atomic mass is 11.5. The Bertz CT molecular complexity index is 840. The van der Waals surface area contributed by atoms with Crippen LogP contribution in [0.1, 0.15) is 0 Å². The lowest BCUT2D eigenvalue weighted by Crippen LogP contribution is -2.99. The second kappa shape index (κ2) is 8.31. The van der Waals surface area contributed by atoms with Gasteiger partial charge in [0.2, 0.25) is 0 Å². The molecule has 0 saturated carbocycles. The maximum Gasteiger partial charge on any atom is 0.451 e. The third-order valence-electron chi connectivity index (χ3n) is 7.60. The molecule has 12 nitrogen and oxygen atoms in total. The zero-order valence-corrected chi connectivity index (χ0v) is 29.6. The summed E-state index contributed by atoms with van der Waals surface area (Å²) < 4.78 is 11.3. The van der Waals surface area contributed by atoms with E-state index in [4.69, 9.17) is 5.40 Å². The number of hydrogen-bond acceptors (Lipinski definition) is 12. The minimum absolute atomic E-state index is 0.473. The van der Waals surface area contributed by atoms with Gasteiger partial charge in [-0.1, -0.05) is 29.3 Å². The van der Waals surface area contributed by atoms with Gasteiger partial charge in [-0.15, -0.1) is 4.84 Å². The number of fused-ring (bicyclic) bond motifs is 1. The predicted octanol–water partition coefficient (Wildman–Crippen LogP) is 2.60. The molecule has 0 aliphatic carbocycles. The molecule has 0 aromatic heterocycles. The molecule has 0 spiro atoms. The molecule has 3 unspecified atom stereocenters. The van der Waals surface area contributed by atoms with E-state index in [1.165, 1.54) is 0 Å². The third-order valence-corrected chi connectivity index (χ3v) is 49.9. The molecule has 0 aromatic carbocycles. The van der Waals surface area contributed by atoms with Gasteiger partial charge in [-0.3, -0.25) is 12.4 Å². The molecule has 2 N–H and O–H groups in total. The molecule has 2 saturated heterocycles. The molecular formula is C14H43N9O3Si7. The van der Waals surface area contributed by atoms with Gasteiger partial charge in [0, 0.05) is 6.17 Å². The Kier molecular flexibility index (Phi) is 7.38. The van der Waals surface area contributed by atoms with E-state index in [-0.39, 0.29) is 0 Å². The molecule has 2 heterocycles. The quantitative estimate of drug-likeness (QED) is 0.384. The molecule has 0 bridgehead atoms. The minimum Gasteiger partial charge on any atom is -0.339 e. The summed E-state index contributed by atoms with van der Waals surface area (Å²) in [6.07, 6.45) is 0.473. The number of nitrogens with two attached hydrogens (primary N) is 1. The molecule has 2 rings (SSSR count). The monoisotopic (exact) mass is 581 g/mol. The second-order valence-corrected chi connectivity index (χ2v) is 42.8. The Morgan fingerprint density at radius 3 is 1.58 bits per heavy atom. The highest BCUT2D eigenvalue weighted by molar-refractivity contribution is 7.18. The third kappa shape index (κ3) is 3.92. The summed E-state index contributed by atoms with van der Waals surface area (Å²) in [5.74, 6) is 0. The van der Waals surface area contributed by atoms with Gasteiger partial charge in [0.1, 0.15) is 8.24 Å². The first kappa shape index (κ1) is 29.3. The standard InChI is InChI=1S/C14H43N9O3Si7/c1-19-31(12,16-24)14-21(28(6,7)15)29(8,9)23-30(10,11)22(27(3,4)5)32(13,17-25)20(2)33(19,23)18-26/h14-15H2,1-13H3. The van der Waals surface area contributed by atoms with Gasteiger partial charge < -0.3 is 13.5 Å². The highest BCUT2D eigenvalue weighted by atomic mass is 28.6. The summed E-state index contributed by atoms with van der Waals surface area (Å²) in [4.78, 5) is 50.0. The van der Waals surface area contributed by atoms with Crippen molar-refractivity contribution in [3.8, 4) is 0 Å². The molecule has 2 aliphatic rings. The Morgan fingerprint density at radius 2 is 1.24 bits per heavy atom. The van der Waals surface area contributed by atoms with Gasteiger partial charge in [0.05, 0.1) is 0 Å². The molecule has 19 heteroatoms. The largest absolute Gasteiger partial charge is 0.451 e. The fraction of sp³-hybridized carbons (Fsp3) is 1.00. The zero-order chi connectivity index (χ0) is 26.2. The minimum atomic E-state index is -3.62. The van der Waals surface area contributed by atoms with Crippen molar-refractivity contribution in [3.05, 3.63) is 14.7 Å². The van der Waals surface area contributed by atoms with Crippen LogP contribution in [0.3, 0.4) is 0 Å². The van der Waals surface area contributed by atoms with E-state index in [1.54, 1.807) is 0 Å². The summed E-state index contributed by atoms with van der Waals surface area (Å²) in [6, 6.07) is 0. The van der Waals surface area contributed by atoms with Crippen molar-refractivity contribution in [1.29, 1.82) is 0 Å². The average Bonchev–Trinajstić information content (AvgIpc) is 2.70. The summed E-state index contributed by atoms with van der Waals surface area (Å²) in [5.41, 5.74) is 0. The van der Waals surface area contributed by atoms with Crippen molar-refractivity contribution in [1.82, 2.24) is 20.5 Å². The van der Waals surface area contributed by atoms with Crippen LogP contribution in [0.2, 0.25) is 72.0 Å². The van der Waals surface area contributed by atoms with Crippen LogP contribution >= 0.6 is 0 Å². The maximum atomic E-state index is 13.2. The van der Waals surface area contributed by atoms with Crippen LogP contribution in [-0.2, 0) is 0 Å². The van der Waals surface area contributed by atoms with Crippen LogP contribution in [0, 0.1) is 14.7 Å². The van der Waals surface area contributed by atoms with E-state index in [1.807, 2.05) is 35.7 Å². The van der Waals surface area contributed by atoms with Crippen molar-refractivity contribution in [2.24, 2.45) is 19.9 Å². The van der Waals surface area contributed by atoms with E-state index in [0.717, 1.165) is 0 Å². The number of rotatable bonds is 5. The van der Waals surface area contributed by atoms with Crippen molar-refractivity contribution in [2.75, 3.05) is 20.3 Å². The summed E-state index contributed by atoms with van der Waals surface area (Å²) in [5, 5.41) is 6.88. The summed E-state index contributed by atoms with van der Waals surface area (Å²) in [7, 11) is -16.0. The topological polar surface area (TPSA) is 131 Å². The zero-order valence-electron chi connectivity index (χ0n) is 22.6. The van der Waals surface area contributed by atoms with Crippen LogP contribution in [-0.4, -0.2) is 99.9 Å². The van der Waals surface area contributed by atoms with Crippen molar-refractivity contribution < 1.29 is 0 Å². The normalized spacial score (nSPS) is 37.3. The number of nitrogens with zero attached hydrogens (tertiary/aromatic N) is 8. The van der Waals surface area contributed by atoms with Crippen LogP contribution in [0.5, 0.6) is 0 Å². The van der Waals surface area contributed by atoms with Crippen LogP contribution in [0.4, 0.5) is 0 Å². The first-order valence-corrected chi connectivity index (χ1v) is 30.2. The highest BCUT2D eigenvalue weighted by Gasteiger charge is 2.79. The van der Waals surface area contributed by atoms with Gasteiger partial charge >= 0.3 is 25.7 Å². The molecule has 190 valence electrons. The Morgan fingerprint density at radius 1 is 0.758 bits per heavy atom. The van der Waals surface area contributed by atoms with Gasteiger partial charge in [-0.25, -0.2) is 0 Å². The number of hydrogen-bond donors (Lipinski definition) is 1. The first-order valence-electron chi connectivity index (χ1n) is 11.3. The average molecular weight is 582 g/mol. The van der Waals surface area contributed by atoms with E-state index in [2.05, 4.69) is 85.5 Å². The number of nitroso groups, excluding NO2 is 3. The fourth-order valence-corrected chi connectivity index (χ4v) is 64.4. The van der Waals surface area contributed by atoms with Gasteiger partial charge in [0.25, 0.3) is 0 Å². The van der Waals surface area contributed by atoms with E-state index in [9.17, 15) is 14.7 Å². The molecule has 0 amide bonds. The smallest absolute Gasteiger partial charge is 0.339 e. The molecule has 0 radical (unpaired) electrons. The van der Waals surface area contributed by atoms with Crippen molar-refractivity contribution in [3.63, 3.8) is 0 Å². The molecule has 2 fully saturated rings. The van der Waals surface area contributed by atoms with E-state index < -0.39 is 59.1 Å². The molecule has 3 atom stereocenters. The molecule has 0 aromatic rings. The SMILES string of the molecule is CN1[Si](C)(N=O)CN([Si](C)(C)N)[Si](C)(C)N2[Si](C)(C)N([Si](C)(C)C)[Si](C)(N=O)N(C)[Si]12N=O. The first-order chi connectivity index (χ1) is 14.6. The molecule has 33 heavy (non-hydrogen) atoms. The Hall–Kier alpha value is 0.0782. The van der Waals surface area contributed by atoms with Gasteiger partial charge in [0.15, 0.2) is 25.2 Å². The Balaban J connectivity index is 3.14.